The van der Waals surface area contributed by atoms with Gasteiger partial charge in [-0.25, -0.2) is 0 Å². The first-order valence-corrected chi connectivity index (χ1v) is 8.78. The van der Waals surface area contributed by atoms with Gasteiger partial charge in [-0.15, -0.1) is 10.2 Å². The van der Waals surface area contributed by atoms with Gasteiger partial charge in [0.25, 0.3) is 0 Å². The summed E-state index contributed by atoms with van der Waals surface area (Å²) in [6, 6.07) is 10.3. The number of hydrogen-bond acceptors (Lipinski definition) is 9. The summed E-state index contributed by atoms with van der Waals surface area (Å²) in [4.78, 5) is 14.7. The molecule has 10 heteroatoms. The lowest BCUT2D eigenvalue weighted by molar-refractivity contribution is -0.402. The Labute approximate surface area is 151 Å². The zero-order valence-electron chi connectivity index (χ0n) is 13.6. The summed E-state index contributed by atoms with van der Waals surface area (Å²) in [5.74, 6) is 0.995. The van der Waals surface area contributed by atoms with Gasteiger partial charge in [0, 0.05) is 11.3 Å². The molecule has 0 amide bonds. The molecule has 0 saturated heterocycles. The Bertz CT molecular complexity index is 977. The van der Waals surface area contributed by atoms with Gasteiger partial charge < -0.3 is 14.5 Å². The lowest BCUT2D eigenvalue weighted by atomic mass is 10.1. The molecule has 3 aromatic rings. The zero-order chi connectivity index (χ0) is 18.1. The molecular formula is C16H13N5O4S. The summed E-state index contributed by atoms with van der Waals surface area (Å²) in [7, 11) is 0. The number of fused-ring (bicyclic) bond motifs is 3. The number of benzene rings is 1. The highest BCUT2D eigenvalue weighted by atomic mass is 32.2. The van der Waals surface area contributed by atoms with Crippen molar-refractivity contribution in [2.45, 2.75) is 18.3 Å². The van der Waals surface area contributed by atoms with Crippen LogP contribution in [0.1, 0.15) is 18.9 Å². The SMILES string of the molecule is CCSc1nnc2c(n1)O[C@H](c1ccc([N+](=O)[O-])o1)Nc1ccccc1-2. The van der Waals surface area contributed by atoms with Crippen LogP contribution < -0.4 is 10.1 Å². The molecule has 132 valence electrons. The van der Waals surface area contributed by atoms with Crippen LogP contribution in [0.15, 0.2) is 46.0 Å². The average molecular weight is 371 g/mol. The second-order valence-electron chi connectivity index (χ2n) is 5.30. The molecule has 1 aliphatic rings. The predicted molar refractivity (Wildman–Crippen MR) is 94.0 cm³/mol. The van der Waals surface area contributed by atoms with Crippen LogP contribution in [-0.2, 0) is 0 Å². The van der Waals surface area contributed by atoms with Crippen molar-refractivity contribution in [2.24, 2.45) is 0 Å². The minimum absolute atomic E-state index is 0.266. The molecule has 2 aromatic heterocycles. The minimum atomic E-state index is -0.790. The van der Waals surface area contributed by atoms with E-state index in [1.165, 1.54) is 23.9 Å². The third-order valence-electron chi connectivity index (χ3n) is 3.66. The lowest BCUT2D eigenvalue weighted by Crippen LogP contribution is -2.16. The molecule has 1 atom stereocenters. The standard InChI is InChI=1S/C16H13N5O4S/c1-2-26-16-18-15-13(19-20-16)9-5-3-4-6-10(9)17-14(25-15)11-7-8-12(24-11)21(22)23/h3-8,14,17H,2H2,1H3/t14-/m1/s1. The van der Waals surface area contributed by atoms with Crippen molar-refractivity contribution in [1.29, 1.82) is 0 Å². The molecule has 0 radical (unpaired) electrons. The molecular weight excluding hydrogens is 358 g/mol. The van der Waals surface area contributed by atoms with Gasteiger partial charge in [0.2, 0.25) is 17.3 Å². The Balaban J connectivity index is 1.80. The fourth-order valence-corrected chi connectivity index (χ4v) is 3.05. The van der Waals surface area contributed by atoms with Crippen molar-refractivity contribution in [3.05, 3.63) is 52.3 Å². The summed E-state index contributed by atoms with van der Waals surface area (Å²) in [6.07, 6.45) is -0.790. The van der Waals surface area contributed by atoms with E-state index in [4.69, 9.17) is 9.15 Å². The van der Waals surface area contributed by atoms with Gasteiger partial charge in [0.05, 0.1) is 6.07 Å². The van der Waals surface area contributed by atoms with Crippen LogP contribution in [0, 0.1) is 10.1 Å². The van der Waals surface area contributed by atoms with Crippen LogP contribution in [0.25, 0.3) is 11.3 Å². The summed E-state index contributed by atoms with van der Waals surface area (Å²) in [5, 5.41) is 23.0. The third-order valence-corrected chi connectivity index (χ3v) is 4.38. The van der Waals surface area contributed by atoms with Crippen molar-refractivity contribution in [3.8, 4) is 17.1 Å². The Morgan fingerprint density at radius 1 is 1.27 bits per heavy atom. The number of furan rings is 1. The third kappa shape index (κ3) is 2.94. The molecule has 1 aliphatic heterocycles. The monoisotopic (exact) mass is 371 g/mol. The second kappa shape index (κ2) is 6.64. The smallest absolute Gasteiger partial charge is 0.433 e. The molecule has 9 nitrogen and oxygen atoms in total. The molecule has 0 bridgehead atoms. The van der Waals surface area contributed by atoms with Gasteiger partial charge in [0.1, 0.15) is 4.92 Å². The maximum absolute atomic E-state index is 10.9. The van der Waals surface area contributed by atoms with Crippen LogP contribution in [-0.4, -0.2) is 25.9 Å². The number of hydrogen-bond donors (Lipinski definition) is 1. The Hall–Kier alpha value is -3.14. The maximum Gasteiger partial charge on any atom is 0.433 e. The van der Waals surface area contributed by atoms with Gasteiger partial charge in [-0.1, -0.05) is 36.9 Å². The first-order valence-electron chi connectivity index (χ1n) is 7.80. The van der Waals surface area contributed by atoms with Crippen molar-refractivity contribution in [3.63, 3.8) is 0 Å². The molecule has 26 heavy (non-hydrogen) atoms. The first kappa shape index (κ1) is 16.3. The zero-order valence-corrected chi connectivity index (χ0v) is 14.4. The Morgan fingerprint density at radius 2 is 2.12 bits per heavy atom. The van der Waals surface area contributed by atoms with E-state index in [9.17, 15) is 10.1 Å². The summed E-state index contributed by atoms with van der Waals surface area (Å²) >= 11 is 1.44. The van der Waals surface area contributed by atoms with Crippen molar-refractivity contribution < 1.29 is 14.1 Å². The second-order valence-corrected chi connectivity index (χ2v) is 6.53. The number of nitrogens with zero attached hydrogens (tertiary/aromatic N) is 4. The van der Waals surface area contributed by atoms with E-state index in [0.717, 1.165) is 17.0 Å². The number of rotatable bonds is 4. The van der Waals surface area contributed by atoms with Crippen molar-refractivity contribution in [2.75, 3.05) is 11.1 Å². The lowest BCUT2D eigenvalue weighted by Gasteiger charge is -2.16. The van der Waals surface area contributed by atoms with Crippen LogP contribution in [0.5, 0.6) is 5.88 Å². The van der Waals surface area contributed by atoms with E-state index in [1.807, 2.05) is 31.2 Å². The van der Waals surface area contributed by atoms with Gasteiger partial charge in [-0.2, -0.15) is 4.98 Å². The van der Waals surface area contributed by atoms with E-state index in [2.05, 4.69) is 20.5 Å². The largest absolute Gasteiger partial charge is 0.444 e. The highest BCUT2D eigenvalue weighted by Gasteiger charge is 2.29. The highest BCUT2D eigenvalue weighted by Crippen LogP contribution is 2.40. The highest BCUT2D eigenvalue weighted by molar-refractivity contribution is 7.99. The molecule has 1 N–H and O–H groups in total. The molecule has 0 spiro atoms. The molecule has 4 rings (SSSR count). The van der Waals surface area contributed by atoms with Gasteiger partial charge in [-0.3, -0.25) is 10.1 Å². The number of nitro groups is 1. The number of thioether (sulfide) groups is 1. The van der Waals surface area contributed by atoms with Crippen LogP contribution in [0.2, 0.25) is 0 Å². The quantitative estimate of drug-likeness (QED) is 0.416. The molecule has 3 heterocycles. The van der Waals surface area contributed by atoms with E-state index < -0.39 is 11.2 Å². The van der Waals surface area contributed by atoms with E-state index in [1.54, 1.807) is 0 Å². The van der Waals surface area contributed by atoms with E-state index in [0.29, 0.717) is 10.9 Å². The molecule has 0 saturated carbocycles. The summed E-state index contributed by atoms with van der Waals surface area (Å²) in [6.45, 7) is 1.99. The van der Waals surface area contributed by atoms with Gasteiger partial charge in [0.15, 0.2) is 11.5 Å². The predicted octanol–water partition coefficient (Wildman–Crippen LogP) is 3.65. The number of aromatic nitrogens is 3. The Kier molecular flexibility index (Phi) is 4.17. The van der Waals surface area contributed by atoms with Crippen molar-refractivity contribution >= 4 is 23.3 Å². The number of anilines is 1. The topological polar surface area (TPSA) is 116 Å². The maximum atomic E-state index is 10.9. The van der Waals surface area contributed by atoms with Gasteiger partial charge in [-0.05, 0) is 17.9 Å². The molecule has 0 fully saturated rings. The van der Waals surface area contributed by atoms with Crippen LogP contribution in [0.4, 0.5) is 11.6 Å². The average Bonchev–Trinajstić information content (AvgIpc) is 3.07. The summed E-state index contributed by atoms with van der Waals surface area (Å²) < 4.78 is 11.2. The first-order chi connectivity index (χ1) is 12.7. The molecule has 1 aromatic carbocycles. The number of ether oxygens (including phenoxy) is 1. The molecule has 0 unspecified atom stereocenters. The van der Waals surface area contributed by atoms with E-state index in [-0.39, 0.29) is 17.5 Å². The van der Waals surface area contributed by atoms with Crippen LogP contribution >= 0.6 is 11.8 Å². The van der Waals surface area contributed by atoms with Crippen LogP contribution in [0.3, 0.4) is 0 Å². The fourth-order valence-electron chi connectivity index (χ4n) is 2.55. The number of nitrogens with one attached hydrogen (secondary N) is 1. The summed E-state index contributed by atoms with van der Waals surface area (Å²) in [5.41, 5.74) is 2.01. The normalized spacial score (nSPS) is 15.2. The Morgan fingerprint density at radius 3 is 2.88 bits per heavy atom. The minimum Gasteiger partial charge on any atom is -0.444 e. The van der Waals surface area contributed by atoms with E-state index >= 15 is 0 Å². The van der Waals surface area contributed by atoms with Gasteiger partial charge >= 0.3 is 5.88 Å². The fraction of sp³-hybridized carbons (Fsp3) is 0.188. The number of para-hydroxylation sites is 1. The molecule has 0 aliphatic carbocycles. The van der Waals surface area contributed by atoms with Crippen molar-refractivity contribution in [1.82, 2.24) is 15.2 Å².